The molecular formula is C14H16BrN3S. The average molecular weight is 338 g/mol. The van der Waals surface area contributed by atoms with E-state index in [9.17, 15) is 0 Å². The Bertz CT molecular complexity index is 609. The first kappa shape index (κ1) is 13.2. The largest absolute Gasteiger partial charge is 0.318 e. The average Bonchev–Trinajstić information content (AvgIpc) is 2.95. The molecule has 1 aromatic heterocycles. The quantitative estimate of drug-likeness (QED) is 0.853. The summed E-state index contributed by atoms with van der Waals surface area (Å²) in [6.45, 7) is 1.99. The zero-order chi connectivity index (χ0) is 13.4. The van der Waals surface area contributed by atoms with Crippen LogP contribution in [-0.2, 0) is 19.2 Å². The summed E-state index contributed by atoms with van der Waals surface area (Å²) in [4.78, 5) is 0. The number of aromatic nitrogens is 3. The fraction of sp³-hybridized carbons (Fsp3) is 0.429. The molecule has 2 aromatic rings. The van der Waals surface area contributed by atoms with E-state index in [4.69, 9.17) is 0 Å². The van der Waals surface area contributed by atoms with Crippen molar-refractivity contribution in [1.29, 1.82) is 0 Å². The van der Waals surface area contributed by atoms with E-state index in [0.717, 1.165) is 17.4 Å². The van der Waals surface area contributed by atoms with E-state index in [2.05, 4.69) is 48.9 Å². The molecule has 1 aliphatic carbocycles. The zero-order valence-electron chi connectivity index (χ0n) is 11.1. The summed E-state index contributed by atoms with van der Waals surface area (Å²) in [6, 6.07) is 6.53. The molecule has 5 heteroatoms. The Morgan fingerprint density at radius 2 is 2.26 bits per heavy atom. The highest BCUT2D eigenvalue weighted by molar-refractivity contribution is 9.10. The maximum Gasteiger partial charge on any atom is 0.142 e. The van der Waals surface area contributed by atoms with Crippen molar-refractivity contribution in [3.8, 4) is 0 Å². The summed E-state index contributed by atoms with van der Waals surface area (Å²) in [5, 5.41) is 8.93. The van der Waals surface area contributed by atoms with Crippen LogP contribution in [0.5, 0.6) is 0 Å². The summed E-state index contributed by atoms with van der Waals surface area (Å²) in [5.41, 5.74) is 2.97. The lowest BCUT2D eigenvalue weighted by molar-refractivity contribution is 0.813. The summed E-state index contributed by atoms with van der Waals surface area (Å²) in [6.07, 6.45) is 2.39. The van der Waals surface area contributed by atoms with Crippen molar-refractivity contribution in [2.75, 3.05) is 0 Å². The molecule has 0 N–H and O–H groups in total. The number of benzene rings is 1. The molecule has 0 saturated carbocycles. The molecule has 0 amide bonds. The van der Waals surface area contributed by atoms with E-state index >= 15 is 0 Å². The highest BCUT2D eigenvalue weighted by Gasteiger charge is 2.24. The summed E-state index contributed by atoms with van der Waals surface area (Å²) >= 11 is 5.62. The minimum atomic E-state index is 0.588. The van der Waals surface area contributed by atoms with Gasteiger partial charge in [-0.2, -0.15) is 0 Å². The van der Waals surface area contributed by atoms with Gasteiger partial charge < -0.3 is 4.57 Å². The third kappa shape index (κ3) is 2.46. The first-order valence-electron chi connectivity index (χ1n) is 6.40. The maximum atomic E-state index is 4.23. The second-order valence-electron chi connectivity index (χ2n) is 4.87. The highest BCUT2D eigenvalue weighted by atomic mass is 79.9. The van der Waals surface area contributed by atoms with Gasteiger partial charge in [-0.3, -0.25) is 0 Å². The molecule has 0 spiro atoms. The Kier molecular flexibility index (Phi) is 3.67. The van der Waals surface area contributed by atoms with E-state index in [1.165, 1.54) is 28.4 Å². The standard InChI is InChI=1S/C14H16BrN3S/c1-9-16-17-14(18(9)2)8-19-13-7-6-10-11(13)4-3-5-12(10)15/h3-5,13H,6-8H2,1-2H3/t13-/m1/s1. The van der Waals surface area contributed by atoms with Crippen LogP contribution in [0.15, 0.2) is 22.7 Å². The minimum Gasteiger partial charge on any atom is -0.318 e. The van der Waals surface area contributed by atoms with Crippen LogP contribution in [0.2, 0.25) is 0 Å². The molecular weight excluding hydrogens is 322 g/mol. The lowest BCUT2D eigenvalue weighted by Gasteiger charge is -2.11. The number of nitrogens with zero attached hydrogens (tertiary/aromatic N) is 3. The van der Waals surface area contributed by atoms with Gasteiger partial charge in [-0.05, 0) is 37.0 Å². The number of halogens is 1. The van der Waals surface area contributed by atoms with E-state index in [-0.39, 0.29) is 0 Å². The fourth-order valence-corrected chi connectivity index (χ4v) is 4.36. The Morgan fingerprint density at radius 3 is 3.00 bits per heavy atom. The molecule has 0 fully saturated rings. The second kappa shape index (κ2) is 5.29. The number of hydrogen-bond donors (Lipinski definition) is 0. The molecule has 0 bridgehead atoms. The Labute approximate surface area is 125 Å². The lowest BCUT2D eigenvalue weighted by Crippen LogP contribution is -1.99. The van der Waals surface area contributed by atoms with E-state index in [0.29, 0.717) is 5.25 Å². The zero-order valence-corrected chi connectivity index (χ0v) is 13.5. The van der Waals surface area contributed by atoms with Crippen molar-refractivity contribution in [3.63, 3.8) is 0 Å². The number of aryl methyl sites for hydroxylation is 1. The van der Waals surface area contributed by atoms with Crippen molar-refractivity contribution in [2.24, 2.45) is 7.05 Å². The first-order chi connectivity index (χ1) is 9.16. The van der Waals surface area contributed by atoms with Crippen LogP contribution in [0.3, 0.4) is 0 Å². The first-order valence-corrected chi connectivity index (χ1v) is 8.24. The SMILES string of the molecule is Cc1nnc(CS[C@@H]2CCc3c(Br)cccc32)n1C. The van der Waals surface area contributed by atoms with Crippen molar-refractivity contribution < 1.29 is 0 Å². The molecule has 0 radical (unpaired) electrons. The molecule has 1 heterocycles. The number of rotatable bonds is 3. The molecule has 1 atom stereocenters. The predicted octanol–water partition coefficient (Wildman–Crippen LogP) is 3.81. The Morgan fingerprint density at radius 1 is 1.42 bits per heavy atom. The van der Waals surface area contributed by atoms with Crippen molar-refractivity contribution in [1.82, 2.24) is 14.8 Å². The maximum absolute atomic E-state index is 4.23. The second-order valence-corrected chi connectivity index (χ2v) is 6.91. The molecule has 19 heavy (non-hydrogen) atoms. The molecule has 1 aromatic carbocycles. The van der Waals surface area contributed by atoms with Gasteiger partial charge in [-0.25, -0.2) is 0 Å². The van der Waals surface area contributed by atoms with Crippen LogP contribution in [0.1, 0.15) is 34.4 Å². The van der Waals surface area contributed by atoms with Crippen LogP contribution < -0.4 is 0 Å². The van der Waals surface area contributed by atoms with Crippen molar-refractivity contribution in [3.05, 3.63) is 45.4 Å². The number of hydrogen-bond acceptors (Lipinski definition) is 3. The summed E-state index contributed by atoms with van der Waals surface area (Å²) in [7, 11) is 2.03. The van der Waals surface area contributed by atoms with Crippen LogP contribution in [0.25, 0.3) is 0 Å². The topological polar surface area (TPSA) is 30.7 Å². The molecule has 0 aliphatic heterocycles. The molecule has 0 saturated heterocycles. The lowest BCUT2D eigenvalue weighted by atomic mass is 10.1. The van der Waals surface area contributed by atoms with Gasteiger partial charge >= 0.3 is 0 Å². The van der Waals surface area contributed by atoms with E-state index in [1.54, 1.807) is 0 Å². The molecule has 3 nitrogen and oxygen atoms in total. The number of thioether (sulfide) groups is 1. The predicted molar refractivity (Wildman–Crippen MR) is 82.2 cm³/mol. The third-order valence-corrected chi connectivity index (χ3v) is 5.81. The van der Waals surface area contributed by atoms with Gasteiger partial charge in [0.05, 0.1) is 5.75 Å². The Hall–Kier alpha value is -0.810. The van der Waals surface area contributed by atoms with Gasteiger partial charge in [-0.1, -0.05) is 28.1 Å². The molecule has 100 valence electrons. The van der Waals surface area contributed by atoms with Crippen LogP contribution in [-0.4, -0.2) is 14.8 Å². The highest BCUT2D eigenvalue weighted by Crippen LogP contribution is 2.44. The van der Waals surface area contributed by atoms with Crippen LogP contribution in [0, 0.1) is 6.92 Å². The smallest absolute Gasteiger partial charge is 0.142 e. The van der Waals surface area contributed by atoms with Gasteiger partial charge in [0, 0.05) is 16.8 Å². The normalized spacial score (nSPS) is 17.7. The summed E-state index contributed by atoms with van der Waals surface area (Å²) in [5.74, 6) is 2.96. The molecule has 1 aliphatic rings. The van der Waals surface area contributed by atoms with Gasteiger partial charge in [0.1, 0.15) is 11.6 Å². The third-order valence-electron chi connectivity index (χ3n) is 3.75. The minimum absolute atomic E-state index is 0.588. The van der Waals surface area contributed by atoms with Crippen LogP contribution in [0.4, 0.5) is 0 Å². The Balaban J connectivity index is 1.74. The van der Waals surface area contributed by atoms with Crippen LogP contribution >= 0.6 is 27.7 Å². The molecule has 0 unspecified atom stereocenters. The number of fused-ring (bicyclic) bond motifs is 1. The van der Waals surface area contributed by atoms with E-state index in [1.807, 2.05) is 25.7 Å². The molecule has 3 rings (SSSR count). The van der Waals surface area contributed by atoms with E-state index < -0.39 is 0 Å². The monoisotopic (exact) mass is 337 g/mol. The van der Waals surface area contributed by atoms with Crippen molar-refractivity contribution >= 4 is 27.7 Å². The van der Waals surface area contributed by atoms with Crippen molar-refractivity contribution in [2.45, 2.75) is 30.8 Å². The fourth-order valence-electron chi connectivity index (χ4n) is 2.50. The van der Waals surface area contributed by atoms with Gasteiger partial charge in [0.25, 0.3) is 0 Å². The summed E-state index contributed by atoms with van der Waals surface area (Å²) < 4.78 is 3.33. The van der Waals surface area contributed by atoms with Gasteiger partial charge in [-0.15, -0.1) is 22.0 Å². The van der Waals surface area contributed by atoms with Gasteiger partial charge in [0.2, 0.25) is 0 Å². The van der Waals surface area contributed by atoms with Gasteiger partial charge in [0.15, 0.2) is 0 Å².